The summed E-state index contributed by atoms with van der Waals surface area (Å²) in [5.41, 5.74) is 0.291. The predicted molar refractivity (Wildman–Crippen MR) is 114 cm³/mol. The molecule has 3 saturated carbocycles. The molecule has 1 amide bonds. The van der Waals surface area contributed by atoms with Crippen LogP contribution in [0.25, 0.3) is 0 Å². The lowest BCUT2D eigenvalue weighted by molar-refractivity contribution is -0.141. The van der Waals surface area contributed by atoms with Crippen LogP contribution >= 0.6 is 15.9 Å². The molecule has 4 rings (SSSR count). The molecule has 0 aromatic rings. The monoisotopic (exact) mass is 437 g/mol. The zero-order valence-electron chi connectivity index (χ0n) is 17.6. The fraction of sp³-hybridized carbons (Fsp3) is 0.826. The Bertz CT molecular complexity index is 632. The second-order valence-corrected chi connectivity index (χ2v) is 9.95. The fourth-order valence-corrected chi connectivity index (χ4v) is 7.75. The van der Waals surface area contributed by atoms with Crippen molar-refractivity contribution in [2.45, 2.75) is 72.3 Å². The number of halogens is 1. The minimum absolute atomic E-state index is 0.102. The van der Waals surface area contributed by atoms with Gasteiger partial charge in [0, 0.05) is 24.4 Å². The summed E-state index contributed by atoms with van der Waals surface area (Å²) in [6.45, 7) is 8.78. The molecule has 27 heavy (non-hydrogen) atoms. The van der Waals surface area contributed by atoms with Gasteiger partial charge in [0.05, 0.1) is 5.33 Å². The molecule has 3 nitrogen and oxygen atoms in total. The van der Waals surface area contributed by atoms with Crippen LogP contribution in [0.2, 0.25) is 0 Å². The first-order valence-corrected chi connectivity index (χ1v) is 12.0. The van der Waals surface area contributed by atoms with Crippen molar-refractivity contribution >= 4 is 27.6 Å². The second kappa shape index (κ2) is 7.65. The number of alkyl halides is 1. The van der Waals surface area contributed by atoms with E-state index in [0.717, 1.165) is 19.3 Å². The van der Waals surface area contributed by atoms with Crippen molar-refractivity contribution in [3.05, 3.63) is 12.2 Å². The highest BCUT2D eigenvalue weighted by atomic mass is 79.9. The minimum Gasteiger partial charge on any atom is -0.338 e. The molecule has 0 spiro atoms. The Morgan fingerprint density at radius 1 is 1.15 bits per heavy atom. The van der Waals surface area contributed by atoms with Crippen LogP contribution in [0.3, 0.4) is 0 Å². The van der Waals surface area contributed by atoms with Crippen molar-refractivity contribution in [1.29, 1.82) is 0 Å². The maximum atomic E-state index is 12.5. The van der Waals surface area contributed by atoms with Gasteiger partial charge >= 0.3 is 0 Å². The second-order valence-electron chi connectivity index (χ2n) is 9.39. The van der Waals surface area contributed by atoms with E-state index >= 15 is 0 Å². The molecule has 0 radical (unpaired) electrons. The van der Waals surface area contributed by atoms with E-state index in [2.05, 4.69) is 35.9 Å². The zero-order valence-corrected chi connectivity index (χ0v) is 19.2. The van der Waals surface area contributed by atoms with Gasteiger partial charge in [-0.25, -0.2) is 0 Å². The number of amides is 1. The number of rotatable bonds is 2. The van der Waals surface area contributed by atoms with Crippen LogP contribution in [0, 0.1) is 34.5 Å². The van der Waals surface area contributed by atoms with Gasteiger partial charge in [0.2, 0.25) is 5.91 Å². The van der Waals surface area contributed by atoms with Crippen molar-refractivity contribution in [3.8, 4) is 0 Å². The third-order valence-electron chi connectivity index (χ3n) is 8.65. The molecule has 4 heteroatoms. The van der Waals surface area contributed by atoms with Crippen LogP contribution in [-0.2, 0) is 9.59 Å². The summed E-state index contributed by atoms with van der Waals surface area (Å²) in [6.07, 6.45) is 11.0. The van der Waals surface area contributed by atoms with Gasteiger partial charge in [-0.05, 0) is 67.8 Å². The van der Waals surface area contributed by atoms with Gasteiger partial charge in [0.25, 0.3) is 0 Å². The quantitative estimate of drug-likeness (QED) is 0.554. The SMILES string of the molecule is CC.CN1C(=O)C=C[C@]2(C)C3CC[C@@]4(C)C(CC[C@@H]4C(=O)CBr)C3CCC12. The number of likely N-dealkylation sites (N-methyl/N-ethyl adjacent to an activating group) is 1. The normalized spacial score (nSPS) is 45.3. The summed E-state index contributed by atoms with van der Waals surface area (Å²) in [5.74, 6) is 2.84. The van der Waals surface area contributed by atoms with E-state index in [9.17, 15) is 9.59 Å². The van der Waals surface area contributed by atoms with E-state index in [1.54, 1.807) is 6.08 Å². The average Bonchev–Trinajstić information content (AvgIpc) is 3.03. The Hall–Kier alpha value is -0.640. The van der Waals surface area contributed by atoms with Crippen molar-refractivity contribution in [2.75, 3.05) is 12.4 Å². The zero-order chi connectivity index (χ0) is 20.0. The number of carbonyl (C=O) groups is 2. The standard InChI is InChI=1S/C21H30BrNO2.C2H6/c1-20-10-8-15-13(14(20)5-6-16(20)17(24)12-22)4-7-18-21(15,2)11-9-19(25)23(18)3;1-2/h9,11,13-16,18H,4-8,10,12H2,1-3H3;1-2H3/t13?,14?,15?,16-,18?,20+,21-;/m1./s1. The Labute approximate surface area is 173 Å². The van der Waals surface area contributed by atoms with Crippen LogP contribution in [0.15, 0.2) is 12.2 Å². The van der Waals surface area contributed by atoms with E-state index in [4.69, 9.17) is 0 Å². The number of hydrogen-bond donors (Lipinski definition) is 0. The first-order chi connectivity index (χ1) is 12.8. The molecule has 1 aliphatic heterocycles. The third-order valence-corrected chi connectivity index (χ3v) is 9.20. The van der Waals surface area contributed by atoms with E-state index in [-0.39, 0.29) is 22.7 Å². The van der Waals surface area contributed by atoms with Crippen LogP contribution < -0.4 is 0 Å². The van der Waals surface area contributed by atoms with Gasteiger partial charge in [-0.1, -0.05) is 49.7 Å². The minimum atomic E-state index is 0.102. The molecule has 7 atom stereocenters. The number of carbonyl (C=O) groups excluding carboxylic acids is 2. The molecular weight excluding hydrogens is 402 g/mol. The third kappa shape index (κ3) is 3.05. The summed E-state index contributed by atoms with van der Waals surface area (Å²) >= 11 is 3.40. The number of Topliss-reactive ketones (excluding diaryl/α,β-unsaturated/α-hetero) is 1. The maximum absolute atomic E-state index is 12.5. The number of fused-ring (bicyclic) bond motifs is 5. The lowest BCUT2D eigenvalue weighted by Gasteiger charge is -2.60. The van der Waals surface area contributed by atoms with Crippen molar-refractivity contribution < 1.29 is 9.59 Å². The van der Waals surface area contributed by atoms with E-state index in [1.807, 2.05) is 25.8 Å². The molecule has 1 heterocycles. The molecule has 4 unspecified atom stereocenters. The van der Waals surface area contributed by atoms with E-state index < -0.39 is 0 Å². The summed E-state index contributed by atoms with van der Waals surface area (Å²) in [5, 5.41) is 0.503. The van der Waals surface area contributed by atoms with E-state index in [1.165, 1.54) is 19.3 Å². The van der Waals surface area contributed by atoms with Crippen molar-refractivity contribution in [2.24, 2.45) is 34.5 Å². The molecule has 0 bridgehead atoms. The lowest BCUT2D eigenvalue weighted by atomic mass is 9.47. The first kappa shape index (κ1) is 21.1. The van der Waals surface area contributed by atoms with Gasteiger partial charge in [0.15, 0.2) is 0 Å². The summed E-state index contributed by atoms with van der Waals surface area (Å²) in [7, 11) is 1.97. The molecule has 0 aromatic heterocycles. The molecule has 3 aliphatic carbocycles. The summed E-state index contributed by atoms with van der Waals surface area (Å²) < 4.78 is 0. The van der Waals surface area contributed by atoms with Gasteiger partial charge in [0.1, 0.15) is 5.78 Å². The largest absolute Gasteiger partial charge is 0.338 e. The van der Waals surface area contributed by atoms with Gasteiger partial charge in [-0.3, -0.25) is 9.59 Å². The topological polar surface area (TPSA) is 37.4 Å². The Kier molecular flexibility index (Phi) is 5.97. The first-order valence-electron chi connectivity index (χ1n) is 10.9. The summed E-state index contributed by atoms with van der Waals surface area (Å²) in [6, 6.07) is 0.344. The molecule has 4 aliphatic rings. The van der Waals surface area contributed by atoms with Crippen LogP contribution in [0.1, 0.15) is 66.2 Å². The highest BCUT2D eigenvalue weighted by Crippen LogP contribution is 2.65. The molecular formula is C23H36BrNO2. The van der Waals surface area contributed by atoms with Gasteiger partial charge in [-0.15, -0.1) is 0 Å². The molecule has 0 aromatic carbocycles. The number of hydrogen-bond acceptors (Lipinski definition) is 2. The highest BCUT2D eigenvalue weighted by molar-refractivity contribution is 9.09. The maximum Gasteiger partial charge on any atom is 0.246 e. The van der Waals surface area contributed by atoms with Gasteiger partial charge < -0.3 is 4.90 Å². The predicted octanol–water partition coefficient (Wildman–Crippen LogP) is 5.23. The Morgan fingerprint density at radius 3 is 2.52 bits per heavy atom. The van der Waals surface area contributed by atoms with E-state index in [0.29, 0.717) is 34.9 Å². The smallest absolute Gasteiger partial charge is 0.246 e. The lowest BCUT2D eigenvalue weighted by Crippen LogP contribution is -2.59. The Morgan fingerprint density at radius 2 is 1.85 bits per heavy atom. The average molecular weight is 438 g/mol. The van der Waals surface area contributed by atoms with Gasteiger partial charge in [-0.2, -0.15) is 0 Å². The highest BCUT2D eigenvalue weighted by Gasteiger charge is 2.61. The fourth-order valence-electron chi connectivity index (χ4n) is 7.36. The van der Waals surface area contributed by atoms with Crippen LogP contribution in [0.4, 0.5) is 0 Å². The van der Waals surface area contributed by atoms with Crippen molar-refractivity contribution in [3.63, 3.8) is 0 Å². The summed E-state index contributed by atoms with van der Waals surface area (Å²) in [4.78, 5) is 26.6. The molecule has 152 valence electrons. The number of ketones is 1. The molecule has 3 fully saturated rings. The van der Waals surface area contributed by atoms with Crippen LogP contribution in [-0.4, -0.2) is 35.0 Å². The van der Waals surface area contributed by atoms with Crippen LogP contribution in [0.5, 0.6) is 0 Å². The molecule has 0 saturated heterocycles. The van der Waals surface area contributed by atoms with Crippen molar-refractivity contribution in [1.82, 2.24) is 4.90 Å². The Balaban J connectivity index is 0.00000102. The number of nitrogens with zero attached hydrogens (tertiary/aromatic N) is 1. The molecule has 0 N–H and O–H groups in total.